The minimum Gasteiger partial charge on any atom is -0.399 e. The van der Waals surface area contributed by atoms with E-state index in [1.165, 1.54) is 23.1 Å². The van der Waals surface area contributed by atoms with Gasteiger partial charge in [-0.25, -0.2) is 0 Å². The Hall–Kier alpha value is -1.24. The van der Waals surface area contributed by atoms with Gasteiger partial charge in [0.15, 0.2) is 0 Å². The molecule has 0 radical (unpaired) electrons. The van der Waals surface area contributed by atoms with Crippen molar-refractivity contribution in [1.29, 1.82) is 0 Å². The van der Waals surface area contributed by atoms with Crippen molar-refractivity contribution in [2.24, 2.45) is 0 Å². The fourth-order valence-corrected chi connectivity index (χ4v) is 1.54. The van der Waals surface area contributed by atoms with Gasteiger partial charge >= 0.3 is 0 Å². The van der Waals surface area contributed by atoms with Crippen LogP contribution in [-0.4, -0.2) is 0 Å². The summed E-state index contributed by atoms with van der Waals surface area (Å²) >= 11 is 0. The van der Waals surface area contributed by atoms with Gasteiger partial charge in [0.2, 0.25) is 0 Å². The topological polar surface area (TPSA) is 26.0 Å². The molecule has 0 aliphatic rings. The van der Waals surface area contributed by atoms with Crippen LogP contribution in [0.1, 0.15) is 30.9 Å². The van der Waals surface area contributed by atoms with Crippen molar-refractivity contribution in [2.45, 2.75) is 33.1 Å². The van der Waals surface area contributed by atoms with Gasteiger partial charge in [-0.15, -0.1) is 6.58 Å². The summed E-state index contributed by atoms with van der Waals surface area (Å²) in [6, 6.07) is 6.12. The number of hydrogen-bond donors (Lipinski definition) is 1. The molecule has 0 amide bonds. The monoisotopic (exact) mass is 189 g/mol. The van der Waals surface area contributed by atoms with Crippen LogP contribution in [0.2, 0.25) is 0 Å². The molecule has 0 bridgehead atoms. The Labute approximate surface area is 86.6 Å². The number of aryl methyl sites for hydroxylation is 2. The van der Waals surface area contributed by atoms with Crippen molar-refractivity contribution in [2.75, 3.05) is 5.73 Å². The molecule has 0 atom stereocenters. The molecule has 76 valence electrons. The average molecular weight is 189 g/mol. The van der Waals surface area contributed by atoms with Crippen LogP contribution < -0.4 is 5.73 Å². The molecule has 0 aromatic heterocycles. The van der Waals surface area contributed by atoms with E-state index in [1.54, 1.807) is 0 Å². The SMILES string of the molecule is C=C(C)CCCc1cc(N)ccc1C. The Morgan fingerprint density at radius 1 is 1.43 bits per heavy atom. The molecule has 1 rings (SSSR count). The molecular weight excluding hydrogens is 170 g/mol. The first kappa shape index (κ1) is 10.8. The second-order valence-electron chi connectivity index (χ2n) is 4.00. The highest BCUT2D eigenvalue weighted by Gasteiger charge is 1.98. The van der Waals surface area contributed by atoms with Gasteiger partial charge in [0.05, 0.1) is 0 Å². The van der Waals surface area contributed by atoms with Crippen molar-refractivity contribution in [3.63, 3.8) is 0 Å². The molecule has 0 saturated heterocycles. The molecule has 1 aromatic rings. The molecule has 14 heavy (non-hydrogen) atoms. The summed E-state index contributed by atoms with van der Waals surface area (Å²) in [5.74, 6) is 0. The van der Waals surface area contributed by atoms with Crippen LogP contribution in [0.25, 0.3) is 0 Å². The van der Waals surface area contributed by atoms with Gasteiger partial charge in [0, 0.05) is 5.69 Å². The third-order valence-corrected chi connectivity index (χ3v) is 2.42. The van der Waals surface area contributed by atoms with E-state index in [-0.39, 0.29) is 0 Å². The number of nitrogen functional groups attached to an aromatic ring is 1. The second kappa shape index (κ2) is 4.85. The van der Waals surface area contributed by atoms with Gasteiger partial charge in [0.25, 0.3) is 0 Å². The van der Waals surface area contributed by atoms with Crippen LogP contribution in [0.3, 0.4) is 0 Å². The van der Waals surface area contributed by atoms with Crippen molar-refractivity contribution in [3.8, 4) is 0 Å². The van der Waals surface area contributed by atoms with Gasteiger partial charge in [-0.2, -0.15) is 0 Å². The molecule has 0 unspecified atom stereocenters. The van der Waals surface area contributed by atoms with E-state index in [9.17, 15) is 0 Å². The molecule has 0 aliphatic carbocycles. The number of nitrogens with two attached hydrogens (primary N) is 1. The molecule has 1 heteroatoms. The number of allylic oxidation sites excluding steroid dienone is 1. The van der Waals surface area contributed by atoms with Crippen molar-refractivity contribution in [1.82, 2.24) is 0 Å². The Morgan fingerprint density at radius 3 is 2.79 bits per heavy atom. The quantitative estimate of drug-likeness (QED) is 0.569. The molecular formula is C13H19N. The molecule has 0 spiro atoms. The minimum atomic E-state index is 0.862. The number of benzene rings is 1. The summed E-state index contributed by atoms with van der Waals surface area (Å²) in [4.78, 5) is 0. The lowest BCUT2D eigenvalue weighted by atomic mass is 10.0. The molecule has 0 aliphatic heterocycles. The second-order valence-corrected chi connectivity index (χ2v) is 4.00. The third kappa shape index (κ3) is 3.25. The van der Waals surface area contributed by atoms with Gasteiger partial charge in [-0.1, -0.05) is 11.6 Å². The summed E-state index contributed by atoms with van der Waals surface area (Å²) in [5, 5.41) is 0. The van der Waals surface area contributed by atoms with Crippen LogP contribution >= 0.6 is 0 Å². The van der Waals surface area contributed by atoms with Gasteiger partial charge in [0.1, 0.15) is 0 Å². The van der Waals surface area contributed by atoms with Crippen LogP contribution in [0.5, 0.6) is 0 Å². The zero-order valence-electron chi connectivity index (χ0n) is 9.14. The van der Waals surface area contributed by atoms with Crippen LogP contribution in [0, 0.1) is 6.92 Å². The Bertz CT molecular complexity index is 326. The van der Waals surface area contributed by atoms with E-state index in [4.69, 9.17) is 5.73 Å². The lowest BCUT2D eigenvalue weighted by Gasteiger charge is -2.06. The fourth-order valence-electron chi connectivity index (χ4n) is 1.54. The first-order valence-corrected chi connectivity index (χ1v) is 5.09. The van der Waals surface area contributed by atoms with E-state index in [1.807, 2.05) is 6.07 Å². The Kier molecular flexibility index (Phi) is 3.75. The maximum Gasteiger partial charge on any atom is 0.0316 e. The number of anilines is 1. The van der Waals surface area contributed by atoms with Crippen molar-refractivity contribution >= 4 is 5.69 Å². The first-order valence-electron chi connectivity index (χ1n) is 5.09. The highest BCUT2D eigenvalue weighted by Crippen LogP contribution is 2.16. The zero-order chi connectivity index (χ0) is 10.6. The standard InChI is InChI=1S/C13H19N/c1-10(2)5-4-6-12-9-13(14)8-7-11(12)3/h7-9H,1,4-6,14H2,2-3H3. The van der Waals surface area contributed by atoms with Gasteiger partial charge in [-0.3, -0.25) is 0 Å². The van der Waals surface area contributed by atoms with Crippen LogP contribution in [0.4, 0.5) is 5.69 Å². The molecule has 2 N–H and O–H groups in total. The van der Waals surface area contributed by atoms with Gasteiger partial charge < -0.3 is 5.73 Å². The summed E-state index contributed by atoms with van der Waals surface area (Å²) in [5.41, 5.74) is 10.6. The maximum absolute atomic E-state index is 5.74. The molecule has 0 heterocycles. The van der Waals surface area contributed by atoms with Crippen LogP contribution in [0.15, 0.2) is 30.4 Å². The largest absolute Gasteiger partial charge is 0.399 e. The van der Waals surface area contributed by atoms with E-state index < -0.39 is 0 Å². The summed E-state index contributed by atoms with van der Waals surface area (Å²) in [6.07, 6.45) is 3.37. The molecule has 1 aromatic carbocycles. The smallest absolute Gasteiger partial charge is 0.0316 e. The molecule has 1 nitrogen and oxygen atoms in total. The summed E-state index contributed by atoms with van der Waals surface area (Å²) in [7, 11) is 0. The predicted molar refractivity (Wildman–Crippen MR) is 63.3 cm³/mol. The highest BCUT2D eigenvalue weighted by molar-refractivity contribution is 5.44. The Balaban J connectivity index is 2.57. The molecule has 0 fully saturated rings. The van der Waals surface area contributed by atoms with E-state index in [0.29, 0.717) is 0 Å². The Morgan fingerprint density at radius 2 is 2.14 bits per heavy atom. The lowest BCUT2D eigenvalue weighted by Crippen LogP contribution is -1.93. The minimum absolute atomic E-state index is 0.862. The van der Waals surface area contributed by atoms with E-state index in [0.717, 1.165) is 18.5 Å². The third-order valence-electron chi connectivity index (χ3n) is 2.42. The maximum atomic E-state index is 5.74. The lowest BCUT2D eigenvalue weighted by molar-refractivity contribution is 0.810. The van der Waals surface area contributed by atoms with Crippen molar-refractivity contribution < 1.29 is 0 Å². The van der Waals surface area contributed by atoms with Crippen molar-refractivity contribution in [3.05, 3.63) is 41.5 Å². The fraction of sp³-hybridized carbons (Fsp3) is 0.385. The van der Waals surface area contributed by atoms with E-state index >= 15 is 0 Å². The highest BCUT2D eigenvalue weighted by atomic mass is 14.5. The predicted octanol–water partition coefficient (Wildman–Crippen LogP) is 3.48. The van der Waals surface area contributed by atoms with Crippen LogP contribution in [-0.2, 0) is 6.42 Å². The van der Waals surface area contributed by atoms with Gasteiger partial charge in [-0.05, 0) is 56.4 Å². The normalized spacial score (nSPS) is 10.1. The summed E-state index contributed by atoms with van der Waals surface area (Å²) < 4.78 is 0. The molecule has 0 saturated carbocycles. The first-order chi connectivity index (χ1) is 6.59. The summed E-state index contributed by atoms with van der Waals surface area (Å²) in [6.45, 7) is 8.11. The average Bonchev–Trinajstić information content (AvgIpc) is 2.10. The van der Waals surface area contributed by atoms with E-state index in [2.05, 4.69) is 32.6 Å². The number of rotatable bonds is 4. The zero-order valence-corrected chi connectivity index (χ0v) is 9.14. The number of hydrogen-bond acceptors (Lipinski definition) is 1.